The Morgan fingerprint density at radius 2 is 2.40 bits per heavy atom. The Hall–Kier alpha value is -0.630. The molecule has 0 heterocycles. The van der Waals surface area contributed by atoms with Crippen molar-refractivity contribution >= 4 is 5.94 Å². The van der Waals surface area contributed by atoms with Crippen LogP contribution in [0.1, 0.15) is 26.2 Å². The van der Waals surface area contributed by atoms with Crippen molar-refractivity contribution in [2.45, 2.75) is 32.4 Å². The van der Waals surface area contributed by atoms with E-state index in [1.165, 1.54) is 0 Å². The van der Waals surface area contributed by atoms with Gasteiger partial charge in [-0.15, -0.1) is 0 Å². The number of hydrogen-bond acceptors (Lipinski definition) is 3. The van der Waals surface area contributed by atoms with E-state index in [0.717, 1.165) is 12.8 Å². The van der Waals surface area contributed by atoms with Crippen LogP contribution < -0.4 is 5.73 Å². The van der Waals surface area contributed by atoms with Gasteiger partial charge in [0.05, 0.1) is 5.57 Å². The van der Waals surface area contributed by atoms with Crippen molar-refractivity contribution in [2.24, 2.45) is 5.73 Å². The second-order valence-electron chi connectivity index (χ2n) is 2.18. The van der Waals surface area contributed by atoms with E-state index in [9.17, 15) is 4.79 Å². The van der Waals surface area contributed by atoms with Crippen LogP contribution in [0, 0.1) is 0 Å². The van der Waals surface area contributed by atoms with Gasteiger partial charge in [0, 0.05) is 0 Å². The molecule has 0 spiro atoms. The maximum absolute atomic E-state index is 10.1. The predicted molar refractivity (Wildman–Crippen MR) is 38.9 cm³/mol. The molecule has 10 heavy (non-hydrogen) atoms. The highest BCUT2D eigenvalue weighted by Crippen LogP contribution is 2.04. The molecule has 0 radical (unpaired) electrons. The second kappa shape index (κ2) is 5.18. The van der Waals surface area contributed by atoms with E-state index in [-0.39, 0.29) is 5.57 Å². The van der Waals surface area contributed by atoms with Crippen LogP contribution in [0.5, 0.6) is 0 Å². The SMILES string of the molecule is CCCCC(=C=O)C(N)O. The number of aliphatic hydroxyl groups excluding tert-OH is 1. The first-order valence-corrected chi connectivity index (χ1v) is 3.39. The molecule has 0 aromatic rings. The summed E-state index contributed by atoms with van der Waals surface area (Å²) in [6, 6.07) is 0. The lowest BCUT2D eigenvalue weighted by atomic mass is 10.1. The maximum atomic E-state index is 10.1. The van der Waals surface area contributed by atoms with Gasteiger partial charge in [0.1, 0.15) is 12.2 Å². The van der Waals surface area contributed by atoms with E-state index >= 15 is 0 Å². The number of hydrogen-bond donors (Lipinski definition) is 2. The summed E-state index contributed by atoms with van der Waals surface area (Å²) >= 11 is 0. The summed E-state index contributed by atoms with van der Waals surface area (Å²) in [5, 5.41) is 8.72. The highest BCUT2D eigenvalue weighted by Gasteiger charge is 2.04. The smallest absolute Gasteiger partial charge is 0.135 e. The standard InChI is InChI=1S/C7H13NO2/c1-2-3-4-6(5-9)7(8)10/h7,10H,2-4,8H2,1H3. The van der Waals surface area contributed by atoms with Gasteiger partial charge >= 0.3 is 0 Å². The van der Waals surface area contributed by atoms with Crippen molar-refractivity contribution in [2.75, 3.05) is 0 Å². The molecular formula is C7H13NO2. The second-order valence-corrected chi connectivity index (χ2v) is 2.18. The first-order chi connectivity index (χ1) is 4.72. The zero-order chi connectivity index (χ0) is 7.98. The molecule has 0 aromatic carbocycles. The molecule has 0 aliphatic carbocycles. The summed E-state index contributed by atoms with van der Waals surface area (Å²) in [6.45, 7) is 2.01. The molecule has 1 unspecified atom stereocenters. The third kappa shape index (κ3) is 3.41. The summed E-state index contributed by atoms with van der Waals surface area (Å²) in [6.07, 6.45) is 1.29. The van der Waals surface area contributed by atoms with Crippen LogP contribution >= 0.6 is 0 Å². The minimum atomic E-state index is -1.12. The Morgan fingerprint density at radius 1 is 1.80 bits per heavy atom. The van der Waals surface area contributed by atoms with Gasteiger partial charge in [-0.25, -0.2) is 4.79 Å². The molecule has 0 amide bonds. The average Bonchev–Trinajstić information content (AvgIpc) is 1.89. The van der Waals surface area contributed by atoms with Crippen LogP contribution in [0.2, 0.25) is 0 Å². The minimum absolute atomic E-state index is 0.266. The van der Waals surface area contributed by atoms with Gasteiger partial charge in [-0.1, -0.05) is 13.3 Å². The van der Waals surface area contributed by atoms with Gasteiger partial charge in [-0.05, 0) is 12.8 Å². The summed E-state index contributed by atoms with van der Waals surface area (Å²) in [5.74, 6) is 1.63. The Bertz CT molecular complexity index is 137. The third-order valence-corrected chi connectivity index (χ3v) is 1.29. The molecule has 0 fully saturated rings. The van der Waals surface area contributed by atoms with Crippen LogP contribution in [0.15, 0.2) is 5.57 Å². The van der Waals surface area contributed by atoms with Crippen LogP contribution in [0.4, 0.5) is 0 Å². The molecule has 3 N–H and O–H groups in total. The topological polar surface area (TPSA) is 63.3 Å². The zero-order valence-electron chi connectivity index (χ0n) is 6.13. The minimum Gasteiger partial charge on any atom is -0.374 e. The highest BCUT2D eigenvalue weighted by molar-refractivity contribution is 5.53. The Kier molecular flexibility index (Phi) is 4.85. The normalized spacial score (nSPS) is 12.3. The number of aliphatic hydroxyl groups is 1. The first-order valence-electron chi connectivity index (χ1n) is 3.39. The van der Waals surface area contributed by atoms with Crippen molar-refractivity contribution in [1.29, 1.82) is 0 Å². The lowest BCUT2D eigenvalue weighted by Gasteiger charge is -2.03. The summed E-state index contributed by atoms with van der Waals surface area (Å²) in [5.41, 5.74) is 5.31. The van der Waals surface area contributed by atoms with E-state index in [1.54, 1.807) is 5.94 Å². The Labute approximate surface area is 60.5 Å². The lowest BCUT2D eigenvalue weighted by molar-refractivity contribution is 0.215. The number of rotatable bonds is 4. The van der Waals surface area contributed by atoms with E-state index in [0.29, 0.717) is 6.42 Å². The largest absolute Gasteiger partial charge is 0.374 e. The fourth-order valence-corrected chi connectivity index (χ4v) is 0.627. The lowest BCUT2D eigenvalue weighted by Crippen LogP contribution is -2.21. The molecule has 0 rings (SSSR count). The fraction of sp³-hybridized carbons (Fsp3) is 0.714. The summed E-state index contributed by atoms with van der Waals surface area (Å²) in [7, 11) is 0. The molecule has 3 heteroatoms. The fourth-order valence-electron chi connectivity index (χ4n) is 0.627. The van der Waals surface area contributed by atoms with Gasteiger partial charge in [0.25, 0.3) is 0 Å². The van der Waals surface area contributed by atoms with Crippen molar-refractivity contribution in [1.82, 2.24) is 0 Å². The van der Waals surface area contributed by atoms with Crippen molar-refractivity contribution < 1.29 is 9.90 Å². The van der Waals surface area contributed by atoms with Gasteiger partial charge in [-0.2, -0.15) is 0 Å². The van der Waals surface area contributed by atoms with Crippen molar-refractivity contribution in [3.8, 4) is 0 Å². The number of unbranched alkanes of at least 4 members (excludes halogenated alkanes) is 1. The molecule has 0 aliphatic heterocycles. The molecule has 0 aromatic heterocycles. The van der Waals surface area contributed by atoms with Crippen LogP contribution in [0.25, 0.3) is 0 Å². The first kappa shape index (κ1) is 9.37. The Morgan fingerprint density at radius 3 is 2.70 bits per heavy atom. The van der Waals surface area contributed by atoms with Gasteiger partial charge < -0.3 is 10.8 Å². The molecule has 0 bridgehead atoms. The monoisotopic (exact) mass is 143 g/mol. The van der Waals surface area contributed by atoms with E-state index in [1.807, 2.05) is 6.92 Å². The zero-order valence-corrected chi connectivity index (χ0v) is 6.13. The van der Waals surface area contributed by atoms with Gasteiger partial charge in [0.15, 0.2) is 0 Å². The molecule has 3 nitrogen and oxygen atoms in total. The molecule has 0 saturated heterocycles. The number of nitrogens with two attached hydrogens (primary N) is 1. The summed E-state index contributed by atoms with van der Waals surface area (Å²) in [4.78, 5) is 10.1. The van der Waals surface area contributed by atoms with E-state index < -0.39 is 6.23 Å². The van der Waals surface area contributed by atoms with Gasteiger partial charge in [0.2, 0.25) is 0 Å². The quantitative estimate of drug-likeness (QED) is 0.437. The molecule has 1 atom stereocenters. The van der Waals surface area contributed by atoms with Crippen LogP contribution in [0.3, 0.4) is 0 Å². The van der Waals surface area contributed by atoms with Crippen molar-refractivity contribution in [3.63, 3.8) is 0 Å². The third-order valence-electron chi connectivity index (χ3n) is 1.29. The summed E-state index contributed by atoms with van der Waals surface area (Å²) < 4.78 is 0. The maximum Gasteiger partial charge on any atom is 0.135 e. The highest BCUT2D eigenvalue weighted by atomic mass is 16.3. The molecule has 58 valence electrons. The van der Waals surface area contributed by atoms with Crippen LogP contribution in [-0.4, -0.2) is 17.3 Å². The molecular weight excluding hydrogens is 130 g/mol. The number of carbonyl (C=O) groups excluding carboxylic acids is 1. The predicted octanol–water partition coefficient (Wildman–Crippen LogP) is 0.212. The Balaban J connectivity index is 3.75. The average molecular weight is 143 g/mol. The van der Waals surface area contributed by atoms with Crippen LogP contribution in [-0.2, 0) is 4.79 Å². The molecule has 0 saturated carbocycles. The van der Waals surface area contributed by atoms with E-state index in [4.69, 9.17) is 10.8 Å². The van der Waals surface area contributed by atoms with E-state index in [2.05, 4.69) is 0 Å². The van der Waals surface area contributed by atoms with Crippen molar-refractivity contribution in [3.05, 3.63) is 5.57 Å². The van der Waals surface area contributed by atoms with Gasteiger partial charge in [-0.3, -0.25) is 0 Å². The molecule has 0 aliphatic rings.